The van der Waals surface area contributed by atoms with Gasteiger partial charge in [0, 0.05) is 0 Å². The first-order valence-corrected chi connectivity index (χ1v) is 4.14. The van der Waals surface area contributed by atoms with Gasteiger partial charge in [0.25, 0.3) is 0 Å². The molecule has 0 amide bonds. The fourth-order valence-electron chi connectivity index (χ4n) is 0.999. The summed E-state index contributed by atoms with van der Waals surface area (Å²) >= 11 is 5.59. The zero-order chi connectivity index (χ0) is 10.7. The highest BCUT2D eigenvalue weighted by Gasteiger charge is 2.19. The predicted molar refractivity (Wildman–Crippen MR) is 49.7 cm³/mol. The summed E-state index contributed by atoms with van der Waals surface area (Å²) in [6, 6.07) is 0. The largest absolute Gasteiger partial charge is 0.480 e. The van der Waals surface area contributed by atoms with Crippen molar-refractivity contribution in [1.82, 2.24) is 9.97 Å². The molecule has 6 heteroatoms. The van der Waals surface area contributed by atoms with Crippen LogP contribution >= 0.6 is 11.6 Å². The molecule has 1 rings (SSSR count). The number of rotatable bonds is 2. The number of methoxy groups -OCH3 is 2. The molecule has 0 aliphatic rings. The first kappa shape index (κ1) is 10.7. The fraction of sp³-hybridized carbons (Fsp3) is 0.375. The smallest absolute Gasteiger partial charge is 0.345 e. The Morgan fingerprint density at radius 2 is 2.00 bits per heavy atom. The summed E-state index contributed by atoms with van der Waals surface area (Å²) in [5, 5.41) is 0.0343. The zero-order valence-corrected chi connectivity index (χ0v) is 8.75. The van der Waals surface area contributed by atoms with Gasteiger partial charge in [0.05, 0.1) is 19.9 Å². The van der Waals surface area contributed by atoms with E-state index in [1.807, 2.05) is 0 Å². The van der Waals surface area contributed by atoms with Gasteiger partial charge in [-0.05, 0) is 18.5 Å². The lowest BCUT2D eigenvalue weighted by Crippen LogP contribution is -2.09. The van der Waals surface area contributed by atoms with E-state index in [9.17, 15) is 4.79 Å². The van der Waals surface area contributed by atoms with Gasteiger partial charge < -0.3 is 9.47 Å². The second-order valence-electron chi connectivity index (χ2n) is 2.45. The quantitative estimate of drug-likeness (QED) is 0.550. The van der Waals surface area contributed by atoms with Gasteiger partial charge in [0.2, 0.25) is 11.2 Å². The molecule has 0 aromatic carbocycles. The summed E-state index contributed by atoms with van der Waals surface area (Å²) < 4.78 is 9.45. The number of hydrogen-bond donors (Lipinski definition) is 0. The van der Waals surface area contributed by atoms with Crippen molar-refractivity contribution in [3.8, 4) is 5.88 Å². The maximum absolute atomic E-state index is 11.3. The first-order valence-electron chi connectivity index (χ1n) is 3.76. The van der Waals surface area contributed by atoms with Crippen LogP contribution < -0.4 is 4.74 Å². The summed E-state index contributed by atoms with van der Waals surface area (Å²) in [6.07, 6.45) is 0. The van der Waals surface area contributed by atoms with Crippen LogP contribution in [0.2, 0.25) is 5.28 Å². The van der Waals surface area contributed by atoms with Gasteiger partial charge in [-0.25, -0.2) is 9.78 Å². The monoisotopic (exact) mass is 216 g/mol. The second kappa shape index (κ2) is 4.23. The van der Waals surface area contributed by atoms with Crippen LogP contribution in [-0.2, 0) is 4.74 Å². The Bertz CT molecular complexity index is 368. The van der Waals surface area contributed by atoms with E-state index in [4.69, 9.17) is 16.3 Å². The molecule has 0 spiro atoms. The van der Waals surface area contributed by atoms with Crippen LogP contribution in [0.25, 0.3) is 0 Å². The van der Waals surface area contributed by atoms with Gasteiger partial charge in [-0.1, -0.05) is 0 Å². The number of ether oxygens (including phenoxy) is 2. The van der Waals surface area contributed by atoms with Crippen LogP contribution in [0, 0.1) is 6.92 Å². The molecule has 1 heterocycles. The van der Waals surface area contributed by atoms with Gasteiger partial charge in [0.15, 0.2) is 0 Å². The Hall–Kier alpha value is -1.36. The summed E-state index contributed by atoms with van der Waals surface area (Å²) in [7, 11) is 2.67. The van der Waals surface area contributed by atoms with Crippen molar-refractivity contribution in [2.45, 2.75) is 6.92 Å². The predicted octanol–water partition coefficient (Wildman–Crippen LogP) is 1.23. The maximum atomic E-state index is 11.3. The van der Waals surface area contributed by atoms with Crippen LogP contribution in [0.3, 0.4) is 0 Å². The van der Waals surface area contributed by atoms with E-state index < -0.39 is 5.97 Å². The van der Waals surface area contributed by atoms with E-state index in [-0.39, 0.29) is 16.7 Å². The van der Waals surface area contributed by atoms with Crippen molar-refractivity contribution in [2.24, 2.45) is 0 Å². The van der Waals surface area contributed by atoms with Gasteiger partial charge in [-0.15, -0.1) is 0 Å². The molecule has 0 atom stereocenters. The normalized spacial score (nSPS) is 9.71. The van der Waals surface area contributed by atoms with Crippen molar-refractivity contribution < 1.29 is 14.3 Å². The first-order chi connectivity index (χ1) is 6.60. The molecule has 0 bridgehead atoms. The molecule has 76 valence electrons. The Morgan fingerprint density at radius 1 is 1.36 bits per heavy atom. The molecule has 0 aliphatic carbocycles. The van der Waals surface area contributed by atoms with Crippen molar-refractivity contribution >= 4 is 17.6 Å². The van der Waals surface area contributed by atoms with E-state index in [0.29, 0.717) is 5.69 Å². The van der Waals surface area contributed by atoms with E-state index in [1.54, 1.807) is 6.92 Å². The SMILES string of the molecule is COC(=O)c1c(C)nc(Cl)nc1OC. The number of carbonyl (C=O) groups is 1. The molecule has 0 aliphatic heterocycles. The van der Waals surface area contributed by atoms with Crippen LogP contribution in [0.4, 0.5) is 0 Å². The number of aromatic nitrogens is 2. The molecule has 0 unspecified atom stereocenters. The standard InChI is InChI=1S/C8H9ClN2O3/c1-4-5(7(12)14-3)6(13-2)11-8(9)10-4/h1-3H3. The number of halogens is 1. The van der Waals surface area contributed by atoms with Gasteiger partial charge in [0.1, 0.15) is 5.56 Å². The third kappa shape index (κ3) is 1.93. The van der Waals surface area contributed by atoms with E-state index >= 15 is 0 Å². The molecule has 1 aromatic heterocycles. The Balaban J connectivity index is 3.32. The lowest BCUT2D eigenvalue weighted by Gasteiger charge is -2.07. The van der Waals surface area contributed by atoms with Crippen LogP contribution in [0.1, 0.15) is 16.1 Å². The van der Waals surface area contributed by atoms with E-state index in [0.717, 1.165) is 0 Å². The second-order valence-corrected chi connectivity index (χ2v) is 2.79. The minimum absolute atomic E-state index is 0.0343. The Kier molecular flexibility index (Phi) is 3.24. The summed E-state index contributed by atoms with van der Waals surface area (Å²) in [6.45, 7) is 1.63. The third-order valence-corrected chi connectivity index (χ3v) is 1.78. The average Bonchev–Trinajstić information content (AvgIpc) is 2.15. The van der Waals surface area contributed by atoms with Gasteiger partial charge in [-0.3, -0.25) is 0 Å². The molecule has 0 saturated carbocycles. The maximum Gasteiger partial charge on any atom is 0.345 e. The summed E-state index contributed by atoms with van der Waals surface area (Å²) in [4.78, 5) is 18.9. The third-order valence-electron chi connectivity index (χ3n) is 1.61. The molecule has 0 fully saturated rings. The van der Waals surface area contributed by atoms with E-state index in [2.05, 4.69) is 14.7 Å². The van der Waals surface area contributed by atoms with Gasteiger partial charge >= 0.3 is 5.97 Å². The molecule has 0 radical (unpaired) electrons. The minimum atomic E-state index is -0.545. The number of carbonyl (C=O) groups excluding carboxylic acids is 1. The van der Waals surface area contributed by atoms with Crippen LogP contribution in [0.5, 0.6) is 5.88 Å². The lowest BCUT2D eigenvalue weighted by atomic mass is 10.2. The zero-order valence-electron chi connectivity index (χ0n) is 8.00. The molecule has 1 aromatic rings. The molecule has 0 saturated heterocycles. The Morgan fingerprint density at radius 3 is 2.50 bits per heavy atom. The molecule has 5 nitrogen and oxygen atoms in total. The van der Waals surface area contributed by atoms with Crippen LogP contribution in [0.15, 0.2) is 0 Å². The van der Waals surface area contributed by atoms with E-state index in [1.165, 1.54) is 14.2 Å². The average molecular weight is 217 g/mol. The van der Waals surface area contributed by atoms with Crippen molar-refractivity contribution in [3.63, 3.8) is 0 Å². The number of hydrogen-bond acceptors (Lipinski definition) is 5. The highest BCUT2D eigenvalue weighted by Crippen LogP contribution is 2.20. The van der Waals surface area contributed by atoms with Crippen molar-refractivity contribution in [1.29, 1.82) is 0 Å². The number of nitrogens with zero attached hydrogens (tertiary/aromatic N) is 2. The fourth-order valence-corrected chi connectivity index (χ4v) is 1.20. The molecule has 0 N–H and O–H groups in total. The van der Waals surface area contributed by atoms with Crippen molar-refractivity contribution in [2.75, 3.05) is 14.2 Å². The highest BCUT2D eigenvalue weighted by molar-refractivity contribution is 6.28. The lowest BCUT2D eigenvalue weighted by molar-refractivity contribution is 0.0594. The van der Waals surface area contributed by atoms with Crippen LogP contribution in [-0.4, -0.2) is 30.2 Å². The number of aryl methyl sites for hydroxylation is 1. The summed E-state index contributed by atoms with van der Waals surface area (Å²) in [5.41, 5.74) is 0.619. The molecular weight excluding hydrogens is 208 g/mol. The summed E-state index contributed by atoms with van der Waals surface area (Å²) in [5.74, 6) is -0.426. The highest BCUT2D eigenvalue weighted by atomic mass is 35.5. The topological polar surface area (TPSA) is 61.3 Å². The molecular formula is C8H9ClN2O3. The van der Waals surface area contributed by atoms with Gasteiger partial charge in [-0.2, -0.15) is 4.98 Å². The molecule has 14 heavy (non-hydrogen) atoms. The van der Waals surface area contributed by atoms with Crippen molar-refractivity contribution in [3.05, 3.63) is 16.5 Å². The Labute approximate surface area is 86.0 Å². The minimum Gasteiger partial charge on any atom is -0.480 e. The number of esters is 1.